The highest BCUT2D eigenvalue weighted by Crippen LogP contribution is 2.25. The Bertz CT molecular complexity index is 757. The standard InChI is InChI=1S/C16H17NO5S/c1-21-14-10-8-13(9-11-14)17(12-16(18)22-2)23(19,20)15-6-4-3-5-7-15/h3-11H,12H2,1-2H3. The molecule has 0 atom stereocenters. The van der Waals surface area contributed by atoms with Crippen molar-refractivity contribution in [3.63, 3.8) is 0 Å². The highest BCUT2D eigenvalue weighted by atomic mass is 32.2. The lowest BCUT2D eigenvalue weighted by Crippen LogP contribution is -2.36. The molecule has 0 N–H and O–H groups in total. The lowest BCUT2D eigenvalue weighted by molar-refractivity contribution is -0.138. The van der Waals surface area contributed by atoms with Gasteiger partial charge in [0.05, 0.1) is 24.8 Å². The van der Waals surface area contributed by atoms with Crippen molar-refractivity contribution in [3.05, 3.63) is 54.6 Å². The molecule has 2 aromatic carbocycles. The van der Waals surface area contributed by atoms with Crippen molar-refractivity contribution >= 4 is 21.7 Å². The monoisotopic (exact) mass is 335 g/mol. The first-order valence-corrected chi connectivity index (χ1v) is 8.21. The van der Waals surface area contributed by atoms with Gasteiger partial charge in [0.15, 0.2) is 0 Å². The molecule has 0 saturated carbocycles. The van der Waals surface area contributed by atoms with E-state index in [-0.39, 0.29) is 4.90 Å². The molecule has 6 nitrogen and oxygen atoms in total. The number of hydrogen-bond donors (Lipinski definition) is 0. The summed E-state index contributed by atoms with van der Waals surface area (Å²) in [6, 6.07) is 14.3. The molecule has 0 radical (unpaired) electrons. The van der Waals surface area contributed by atoms with Gasteiger partial charge in [0, 0.05) is 0 Å². The first-order chi connectivity index (χ1) is 11.0. The number of nitrogens with zero attached hydrogens (tertiary/aromatic N) is 1. The van der Waals surface area contributed by atoms with E-state index >= 15 is 0 Å². The maximum absolute atomic E-state index is 12.8. The second kappa shape index (κ2) is 7.15. The van der Waals surface area contributed by atoms with Gasteiger partial charge in [-0.15, -0.1) is 0 Å². The molecule has 2 aromatic rings. The third kappa shape index (κ3) is 3.81. The number of esters is 1. The Hall–Kier alpha value is -2.54. The van der Waals surface area contributed by atoms with Crippen molar-refractivity contribution in [1.82, 2.24) is 0 Å². The number of carbonyl (C=O) groups excluding carboxylic acids is 1. The number of hydrogen-bond acceptors (Lipinski definition) is 5. The molecule has 0 unspecified atom stereocenters. The number of anilines is 1. The fraction of sp³-hybridized carbons (Fsp3) is 0.188. The SMILES string of the molecule is COC(=O)CN(c1ccc(OC)cc1)S(=O)(=O)c1ccccc1. The fourth-order valence-electron chi connectivity index (χ4n) is 1.97. The zero-order valence-electron chi connectivity index (χ0n) is 12.8. The molecule has 23 heavy (non-hydrogen) atoms. The van der Waals surface area contributed by atoms with Crippen molar-refractivity contribution in [2.45, 2.75) is 4.90 Å². The predicted octanol–water partition coefficient (Wildman–Crippen LogP) is 2.06. The van der Waals surface area contributed by atoms with E-state index in [2.05, 4.69) is 4.74 Å². The quantitative estimate of drug-likeness (QED) is 0.756. The van der Waals surface area contributed by atoms with Gasteiger partial charge in [0.1, 0.15) is 12.3 Å². The van der Waals surface area contributed by atoms with E-state index < -0.39 is 22.5 Å². The molecule has 0 aliphatic rings. The van der Waals surface area contributed by atoms with Crippen LogP contribution in [0.5, 0.6) is 5.75 Å². The van der Waals surface area contributed by atoms with Crippen molar-refractivity contribution in [1.29, 1.82) is 0 Å². The number of ether oxygens (including phenoxy) is 2. The summed E-state index contributed by atoms with van der Waals surface area (Å²) in [6.07, 6.45) is 0. The second-order valence-electron chi connectivity index (χ2n) is 4.60. The van der Waals surface area contributed by atoms with E-state index in [9.17, 15) is 13.2 Å². The Morgan fingerprint density at radius 1 is 1.00 bits per heavy atom. The molecule has 0 aliphatic heterocycles. The Morgan fingerprint density at radius 3 is 2.13 bits per heavy atom. The fourth-order valence-corrected chi connectivity index (χ4v) is 3.40. The molecule has 7 heteroatoms. The second-order valence-corrected chi connectivity index (χ2v) is 6.46. The molecule has 0 saturated heterocycles. The molecule has 0 bridgehead atoms. The van der Waals surface area contributed by atoms with Gasteiger partial charge in [-0.1, -0.05) is 18.2 Å². The average molecular weight is 335 g/mol. The zero-order chi connectivity index (χ0) is 16.9. The molecular weight excluding hydrogens is 318 g/mol. The van der Waals surface area contributed by atoms with Crippen LogP contribution in [0.1, 0.15) is 0 Å². The summed E-state index contributed by atoms with van der Waals surface area (Å²) in [7, 11) is -1.16. The van der Waals surface area contributed by atoms with Crippen LogP contribution in [0.25, 0.3) is 0 Å². The minimum atomic E-state index is -3.89. The number of methoxy groups -OCH3 is 2. The van der Waals surface area contributed by atoms with E-state index in [1.165, 1.54) is 26.4 Å². The van der Waals surface area contributed by atoms with Crippen LogP contribution in [0.2, 0.25) is 0 Å². The molecule has 0 amide bonds. The number of sulfonamides is 1. The maximum atomic E-state index is 12.8. The summed E-state index contributed by atoms with van der Waals surface area (Å²) in [5.41, 5.74) is 0.347. The lowest BCUT2D eigenvalue weighted by Gasteiger charge is -2.23. The number of rotatable bonds is 6. The Balaban J connectivity index is 2.47. The van der Waals surface area contributed by atoms with Crippen molar-refractivity contribution < 1.29 is 22.7 Å². The summed E-state index contributed by atoms with van der Waals surface area (Å²) in [5.74, 6) is -0.0656. The van der Waals surface area contributed by atoms with Crippen molar-refractivity contribution in [2.75, 3.05) is 25.1 Å². The Kier molecular flexibility index (Phi) is 5.23. The van der Waals surface area contributed by atoms with Crippen LogP contribution in [0.3, 0.4) is 0 Å². The zero-order valence-corrected chi connectivity index (χ0v) is 13.6. The number of carbonyl (C=O) groups is 1. The van der Waals surface area contributed by atoms with Gasteiger partial charge in [0.2, 0.25) is 0 Å². The van der Waals surface area contributed by atoms with E-state index in [0.717, 1.165) is 4.31 Å². The van der Waals surface area contributed by atoms with Crippen molar-refractivity contribution in [2.24, 2.45) is 0 Å². The molecule has 0 aromatic heterocycles. The van der Waals surface area contributed by atoms with Gasteiger partial charge >= 0.3 is 5.97 Å². The van der Waals surface area contributed by atoms with Crippen LogP contribution in [0.15, 0.2) is 59.5 Å². The van der Waals surface area contributed by atoms with E-state index in [0.29, 0.717) is 11.4 Å². The molecule has 0 aliphatic carbocycles. The van der Waals surface area contributed by atoms with Gasteiger partial charge in [-0.05, 0) is 36.4 Å². The number of benzene rings is 2. The topological polar surface area (TPSA) is 72.9 Å². The van der Waals surface area contributed by atoms with Crippen LogP contribution in [-0.4, -0.2) is 35.2 Å². The Labute approximate surface area is 135 Å². The average Bonchev–Trinajstić information content (AvgIpc) is 2.60. The van der Waals surface area contributed by atoms with Crippen molar-refractivity contribution in [3.8, 4) is 5.75 Å². The molecule has 2 rings (SSSR count). The molecule has 122 valence electrons. The van der Waals surface area contributed by atoms with Crippen LogP contribution < -0.4 is 9.04 Å². The van der Waals surface area contributed by atoms with Crippen LogP contribution in [0.4, 0.5) is 5.69 Å². The largest absolute Gasteiger partial charge is 0.497 e. The highest BCUT2D eigenvalue weighted by Gasteiger charge is 2.27. The molecule has 0 spiro atoms. The first-order valence-electron chi connectivity index (χ1n) is 6.77. The van der Waals surface area contributed by atoms with Crippen LogP contribution >= 0.6 is 0 Å². The van der Waals surface area contributed by atoms with Crippen LogP contribution in [-0.2, 0) is 19.6 Å². The summed E-state index contributed by atoms with van der Waals surface area (Å²) < 4.78 is 36.3. The smallest absolute Gasteiger partial charge is 0.326 e. The molecular formula is C16H17NO5S. The summed E-state index contributed by atoms with van der Waals surface area (Å²) >= 11 is 0. The Morgan fingerprint density at radius 2 is 1.61 bits per heavy atom. The van der Waals surface area contributed by atoms with Gasteiger partial charge in [-0.25, -0.2) is 8.42 Å². The van der Waals surface area contributed by atoms with Gasteiger partial charge < -0.3 is 9.47 Å². The third-order valence-corrected chi connectivity index (χ3v) is 4.98. The lowest BCUT2D eigenvalue weighted by atomic mass is 10.3. The summed E-state index contributed by atoms with van der Waals surface area (Å²) in [6.45, 7) is -0.417. The minimum absolute atomic E-state index is 0.0970. The molecule has 0 fully saturated rings. The predicted molar refractivity (Wildman–Crippen MR) is 86.0 cm³/mol. The van der Waals surface area contributed by atoms with Gasteiger partial charge in [-0.3, -0.25) is 9.10 Å². The highest BCUT2D eigenvalue weighted by molar-refractivity contribution is 7.92. The van der Waals surface area contributed by atoms with Gasteiger partial charge in [0.25, 0.3) is 10.0 Å². The summed E-state index contributed by atoms with van der Waals surface area (Å²) in [4.78, 5) is 11.7. The van der Waals surface area contributed by atoms with E-state index in [1.807, 2.05) is 0 Å². The summed E-state index contributed by atoms with van der Waals surface area (Å²) in [5, 5.41) is 0. The first kappa shape index (κ1) is 16.8. The van der Waals surface area contributed by atoms with Crippen LogP contribution in [0, 0.1) is 0 Å². The minimum Gasteiger partial charge on any atom is -0.497 e. The third-order valence-electron chi connectivity index (χ3n) is 3.19. The van der Waals surface area contributed by atoms with Gasteiger partial charge in [-0.2, -0.15) is 0 Å². The maximum Gasteiger partial charge on any atom is 0.326 e. The van der Waals surface area contributed by atoms with E-state index in [1.54, 1.807) is 42.5 Å². The normalized spacial score (nSPS) is 10.9. The molecule has 0 heterocycles. The van der Waals surface area contributed by atoms with E-state index in [4.69, 9.17) is 4.74 Å².